The molecule has 0 aromatic heterocycles. The van der Waals surface area contributed by atoms with Crippen LogP contribution in [0.15, 0.2) is 18.2 Å². The molecule has 15 heavy (non-hydrogen) atoms. The standard InChI is InChI=1S/C8H4F4O3/c9-6-2-1-4(15-8(10,11)12)3-5(6)7(13)14/h1-3H,(H,13,14). The van der Waals surface area contributed by atoms with Gasteiger partial charge in [0.2, 0.25) is 0 Å². The van der Waals surface area contributed by atoms with Crippen LogP contribution in [0, 0.1) is 5.82 Å². The van der Waals surface area contributed by atoms with Crippen molar-refractivity contribution < 1.29 is 32.2 Å². The summed E-state index contributed by atoms with van der Waals surface area (Å²) in [4.78, 5) is 10.4. The van der Waals surface area contributed by atoms with Gasteiger partial charge in [0, 0.05) is 0 Å². The van der Waals surface area contributed by atoms with Crippen molar-refractivity contribution in [1.29, 1.82) is 0 Å². The number of alkyl halides is 3. The largest absolute Gasteiger partial charge is 0.573 e. The zero-order chi connectivity index (χ0) is 11.6. The van der Waals surface area contributed by atoms with Crippen molar-refractivity contribution in [3.05, 3.63) is 29.6 Å². The second-order valence-electron chi connectivity index (χ2n) is 2.49. The van der Waals surface area contributed by atoms with Crippen LogP contribution in [0.5, 0.6) is 5.75 Å². The van der Waals surface area contributed by atoms with Crippen molar-refractivity contribution in [3.8, 4) is 5.75 Å². The van der Waals surface area contributed by atoms with Gasteiger partial charge >= 0.3 is 12.3 Å². The summed E-state index contributed by atoms with van der Waals surface area (Å²) in [5.41, 5.74) is -0.878. The Morgan fingerprint density at radius 2 is 1.93 bits per heavy atom. The Labute approximate surface area is 80.9 Å². The topological polar surface area (TPSA) is 46.5 Å². The summed E-state index contributed by atoms with van der Waals surface area (Å²) in [7, 11) is 0. The minimum atomic E-state index is -4.94. The van der Waals surface area contributed by atoms with E-state index in [4.69, 9.17) is 5.11 Å². The Morgan fingerprint density at radius 3 is 2.40 bits per heavy atom. The molecule has 0 aliphatic rings. The molecule has 0 aliphatic carbocycles. The highest BCUT2D eigenvalue weighted by Crippen LogP contribution is 2.24. The van der Waals surface area contributed by atoms with E-state index in [1.54, 1.807) is 0 Å². The van der Waals surface area contributed by atoms with Crippen LogP contribution in [0.3, 0.4) is 0 Å². The van der Waals surface area contributed by atoms with Crippen molar-refractivity contribution in [2.45, 2.75) is 6.36 Å². The third kappa shape index (κ3) is 3.12. The minimum Gasteiger partial charge on any atom is -0.478 e. The van der Waals surface area contributed by atoms with Gasteiger partial charge in [-0.05, 0) is 18.2 Å². The normalized spacial score (nSPS) is 11.2. The summed E-state index contributed by atoms with van der Waals surface area (Å²) in [6.45, 7) is 0. The van der Waals surface area contributed by atoms with E-state index in [2.05, 4.69) is 4.74 Å². The predicted octanol–water partition coefficient (Wildman–Crippen LogP) is 2.42. The molecule has 0 atom stereocenters. The van der Waals surface area contributed by atoms with Crippen LogP contribution in [0.4, 0.5) is 17.6 Å². The van der Waals surface area contributed by atoms with Gasteiger partial charge in [-0.1, -0.05) is 0 Å². The van der Waals surface area contributed by atoms with Crippen molar-refractivity contribution >= 4 is 5.97 Å². The quantitative estimate of drug-likeness (QED) is 0.784. The van der Waals surface area contributed by atoms with Gasteiger partial charge < -0.3 is 9.84 Å². The van der Waals surface area contributed by atoms with E-state index in [1.165, 1.54) is 0 Å². The van der Waals surface area contributed by atoms with Crippen molar-refractivity contribution in [2.24, 2.45) is 0 Å². The minimum absolute atomic E-state index is 0.463. The van der Waals surface area contributed by atoms with Gasteiger partial charge in [0.1, 0.15) is 11.6 Å². The molecule has 7 heteroatoms. The van der Waals surface area contributed by atoms with Crippen LogP contribution in [0.25, 0.3) is 0 Å². The number of rotatable bonds is 2. The van der Waals surface area contributed by atoms with E-state index < -0.39 is 29.5 Å². The SMILES string of the molecule is O=C(O)c1cc(OC(F)(F)F)ccc1F. The summed E-state index contributed by atoms with van der Waals surface area (Å²) >= 11 is 0. The van der Waals surface area contributed by atoms with Crippen LogP contribution in [-0.2, 0) is 0 Å². The molecule has 0 radical (unpaired) electrons. The highest BCUT2D eigenvalue weighted by atomic mass is 19.4. The fraction of sp³-hybridized carbons (Fsp3) is 0.125. The molecule has 0 unspecified atom stereocenters. The Balaban J connectivity index is 3.03. The van der Waals surface area contributed by atoms with Crippen LogP contribution >= 0.6 is 0 Å². The number of halogens is 4. The first kappa shape index (κ1) is 11.3. The van der Waals surface area contributed by atoms with Gasteiger partial charge in [-0.25, -0.2) is 9.18 Å². The van der Waals surface area contributed by atoms with Gasteiger partial charge in [-0.15, -0.1) is 13.2 Å². The molecule has 1 rings (SSSR count). The first-order valence-electron chi connectivity index (χ1n) is 3.58. The van der Waals surface area contributed by atoms with Crippen LogP contribution in [0.1, 0.15) is 10.4 Å². The fourth-order valence-electron chi connectivity index (χ4n) is 0.865. The molecule has 1 aromatic carbocycles. The number of ether oxygens (including phenoxy) is 1. The number of carboxylic acid groups (broad SMARTS) is 1. The molecule has 1 aromatic rings. The molecule has 0 spiro atoms. The molecule has 0 bridgehead atoms. The van der Waals surface area contributed by atoms with Crippen LogP contribution < -0.4 is 4.74 Å². The predicted molar refractivity (Wildman–Crippen MR) is 40.0 cm³/mol. The van der Waals surface area contributed by atoms with Gasteiger partial charge in [-0.3, -0.25) is 0 Å². The van der Waals surface area contributed by atoms with E-state index >= 15 is 0 Å². The lowest BCUT2D eigenvalue weighted by Crippen LogP contribution is -2.17. The number of benzene rings is 1. The van der Waals surface area contributed by atoms with Gasteiger partial charge in [0.25, 0.3) is 0 Å². The lowest BCUT2D eigenvalue weighted by atomic mass is 10.2. The number of hydrogen-bond donors (Lipinski definition) is 1. The molecule has 0 saturated carbocycles. The maximum absolute atomic E-state index is 12.7. The first-order chi connectivity index (χ1) is 6.79. The fourth-order valence-corrected chi connectivity index (χ4v) is 0.865. The van der Waals surface area contributed by atoms with E-state index in [9.17, 15) is 22.4 Å². The molecule has 0 heterocycles. The Bertz CT molecular complexity index is 386. The molecular weight excluding hydrogens is 220 g/mol. The van der Waals surface area contributed by atoms with Gasteiger partial charge in [0.15, 0.2) is 0 Å². The highest BCUT2D eigenvalue weighted by Gasteiger charge is 2.31. The molecular formula is C8H4F4O3. The van der Waals surface area contributed by atoms with E-state index in [-0.39, 0.29) is 0 Å². The molecule has 0 amide bonds. The zero-order valence-corrected chi connectivity index (χ0v) is 7.01. The Morgan fingerprint density at radius 1 is 1.33 bits per heavy atom. The second-order valence-corrected chi connectivity index (χ2v) is 2.49. The molecule has 0 fully saturated rings. The lowest BCUT2D eigenvalue weighted by molar-refractivity contribution is -0.274. The van der Waals surface area contributed by atoms with Crippen molar-refractivity contribution in [1.82, 2.24) is 0 Å². The van der Waals surface area contributed by atoms with Gasteiger partial charge in [0.05, 0.1) is 5.56 Å². The molecule has 0 aliphatic heterocycles. The molecule has 3 nitrogen and oxygen atoms in total. The Hall–Kier alpha value is -1.79. The average Bonchev–Trinajstić information content (AvgIpc) is 2.05. The van der Waals surface area contributed by atoms with Crippen LogP contribution in [0.2, 0.25) is 0 Å². The maximum Gasteiger partial charge on any atom is 0.573 e. The van der Waals surface area contributed by atoms with E-state index in [0.29, 0.717) is 18.2 Å². The number of carbonyl (C=O) groups is 1. The monoisotopic (exact) mass is 224 g/mol. The van der Waals surface area contributed by atoms with E-state index in [1.807, 2.05) is 0 Å². The third-order valence-corrected chi connectivity index (χ3v) is 1.40. The number of aromatic carboxylic acids is 1. The number of hydrogen-bond acceptors (Lipinski definition) is 2. The average molecular weight is 224 g/mol. The maximum atomic E-state index is 12.7. The number of carboxylic acids is 1. The third-order valence-electron chi connectivity index (χ3n) is 1.40. The lowest BCUT2D eigenvalue weighted by Gasteiger charge is -2.09. The van der Waals surface area contributed by atoms with E-state index in [0.717, 1.165) is 0 Å². The molecule has 82 valence electrons. The van der Waals surface area contributed by atoms with Crippen molar-refractivity contribution in [2.75, 3.05) is 0 Å². The summed E-state index contributed by atoms with van der Waals surface area (Å²) in [6, 6.07) is 1.74. The second kappa shape index (κ2) is 3.76. The summed E-state index contributed by atoms with van der Waals surface area (Å²) in [5, 5.41) is 8.41. The summed E-state index contributed by atoms with van der Waals surface area (Å²) < 4.78 is 51.3. The molecule has 0 saturated heterocycles. The Kier molecular flexibility index (Phi) is 2.83. The first-order valence-corrected chi connectivity index (χ1v) is 3.58. The van der Waals surface area contributed by atoms with Gasteiger partial charge in [-0.2, -0.15) is 0 Å². The summed E-state index contributed by atoms with van der Waals surface area (Å²) in [5.74, 6) is -3.57. The highest BCUT2D eigenvalue weighted by molar-refractivity contribution is 5.88. The van der Waals surface area contributed by atoms with Crippen LogP contribution in [-0.4, -0.2) is 17.4 Å². The smallest absolute Gasteiger partial charge is 0.478 e. The molecule has 1 N–H and O–H groups in total. The zero-order valence-electron chi connectivity index (χ0n) is 7.01. The van der Waals surface area contributed by atoms with Crippen molar-refractivity contribution in [3.63, 3.8) is 0 Å². The summed E-state index contributed by atoms with van der Waals surface area (Å²) in [6.07, 6.45) is -4.94.